The predicted octanol–water partition coefficient (Wildman–Crippen LogP) is 3.62. The van der Waals surface area contributed by atoms with Gasteiger partial charge in [0.05, 0.1) is 16.8 Å². The summed E-state index contributed by atoms with van der Waals surface area (Å²) in [7, 11) is 0. The quantitative estimate of drug-likeness (QED) is 0.770. The highest BCUT2D eigenvalue weighted by Crippen LogP contribution is 2.35. The Balaban J connectivity index is 1.92. The molecule has 1 fully saturated rings. The fraction of sp³-hybridized carbons (Fsp3) is 0.235. The van der Waals surface area contributed by atoms with Gasteiger partial charge in [0.15, 0.2) is 5.75 Å². The van der Waals surface area contributed by atoms with Crippen LogP contribution in [-0.2, 0) is 9.53 Å². The Morgan fingerprint density at radius 3 is 2.72 bits per heavy atom. The van der Waals surface area contributed by atoms with Crippen LogP contribution < -0.4 is 15.0 Å². The molecule has 3 amide bonds. The summed E-state index contributed by atoms with van der Waals surface area (Å²) in [5.74, 6) is 0.0444. The van der Waals surface area contributed by atoms with E-state index in [0.717, 1.165) is 11.8 Å². The van der Waals surface area contributed by atoms with Gasteiger partial charge < -0.3 is 9.47 Å². The van der Waals surface area contributed by atoms with Crippen LogP contribution in [0.1, 0.15) is 26.3 Å². The summed E-state index contributed by atoms with van der Waals surface area (Å²) in [5, 5.41) is 1.79. The van der Waals surface area contributed by atoms with Crippen LogP contribution in [0.15, 0.2) is 35.6 Å². The Bertz CT molecular complexity index is 823. The smallest absolute Gasteiger partial charge is 0.419 e. The second kappa shape index (κ2) is 6.29. The number of imide groups is 1. The molecule has 0 atom stereocenters. The lowest BCUT2D eigenvalue weighted by Crippen LogP contribution is -2.34. The van der Waals surface area contributed by atoms with E-state index in [0.29, 0.717) is 21.9 Å². The van der Waals surface area contributed by atoms with Crippen molar-refractivity contribution in [2.75, 3.05) is 4.90 Å². The van der Waals surface area contributed by atoms with E-state index in [9.17, 15) is 14.4 Å². The fourth-order valence-corrected chi connectivity index (χ4v) is 2.88. The van der Waals surface area contributed by atoms with Gasteiger partial charge in [-0.1, -0.05) is 6.07 Å². The number of hydrogen-bond donors (Lipinski definition) is 1. The predicted molar refractivity (Wildman–Crippen MR) is 94.0 cm³/mol. The second-order valence-corrected chi connectivity index (χ2v) is 7.35. The highest BCUT2D eigenvalue weighted by atomic mass is 32.2. The van der Waals surface area contributed by atoms with Crippen LogP contribution in [0.25, 0.3) is 6.08 Å². The van der Waals surface area contributed by atoms with Gasteiger partial charge in [0.2, 0.25) is 0 Å². The Morgan fingerprint density at radius 2 is 2.08 bits per heavy atom. The molecule has 0 bridgehead atoms. The van der Waals surface area contributed by atoms with Crippen molar-refractivity contribution in [3.63, 3.8) is 0 Å². The van der Waals surface area contributed by atoms with Crippen molar-refractivity contribution in [3.8, 4) is 5.75 Å². The molecule has 0 spiro atoms. The number of nitrogens with zero attached hydrogens (tertiary/aromatic N) is 1. The first-order valence-corrected chi connectivity index (χ1v) is 8.29. The molecular weight excluding hydrogens is 344 g/mol. The molecule has 0 saturated carbocycles. The number of hydrogen-bond acceptors (Lipinski definition) is 6. The summed E-state index contributed by atoms with van der Waals surface area (Å²) in [4.78, 5) is 36.9. The lowest BCUT2D eigenvalue weighted by molar-refractivity contribution is -0.115. The van der Waals surface area contributed by atoms with Crippen LogP contribution in [0.2, 0.25) is 0 Å². The topological polar surface area (TPSA) is 84.9 Å². The molecule has 0 radical (unpaired) electrons. The molecule has 1 aromatic carbocycles. The Labute approximate surface area is 148 Å². The summed E-state index contributed by atoms with van der Waals surface area (Å²) < 4.78 is 10.8. The lowest BCUT2D eigenvalue weighted by Gasteiger charge is -2.28. The molecule has 1 saturated heterocycles. The molecule has 2 aliphatic heterocycles. The largest absolute Gasteiger partial charge is 0.461 e. The van der Waals surface area contributed by atoms with Gasteiger partial charge in [-0.2, -0.15) is 0 Å². The third-order valence-corrected chi connectivity index (χ3v) is 3.99. The van der Waals surface area contributed by atoms with Gasteiger partial charge in [-0.05, 0) is 56.3 Å². The van der Waals surface area contributed by atoms with E-state index in [1.807, 2.05) is 0 Å². The van der Waals surface area contributed by atoms with Crippen LogP contribution in [0.4, 0.5) is 15.3 Å². The molecule has 1 N–H and O–H groups in total. The summed E-state index contributed by atoms with van der Waals surface area (Å²) >= 11 is 0.832. The van der Waals surface area contributed by atoms with Crippen molar-refractivity contribution in [1.82, 2.24) is 5.32 Å². The summed E-state index contributed by atoms with van der Waals surface area (Å²) in [5.41, 5.74) is 0.501. The number of ether oxygens (including phenoxy) is 2. The maximum Gasteiger partial charge on any atom is 0.419 e. The molecule has 1 aromatic rings. The zero-order valence-electron chi connectivity index (χ0n) is 13.9. The number of carbonyl (C=O) groups excluding carboxylic acids is 3. The third kappa shape index (κ3) is 3.85. The van der Waals surface area contributed by atoms with Crippen LogP contribution >= 0.6 is 11.8 Å². The number of benzene rings is 1. The third-order valence-electron chi connectivity index (χ3n) is 3.18. The van der Waals surface area contributed by atoms with E-state index in [2.05, 4.69) is 5.32 Å². The van der Waals surface area contributed by atoms with Crippen LogP contribution in [0.3, 0.4) is 0 Å². The van der Waals surface area contributed by atoms with E-state index in [1.165, 1.54) is 17.4 Å². The molecule has 0 aromatic heterocycles. The molecule has 2 heterocycles. The van der Waals surface area contributed by atoms with Gasteiger partial charge in [-0.25, -0.2) is 9.69 Å². The zero-order valence-corrected chi connectivity index (χ0v) is 14.7. The maximum atomic E-state index is 12.4. The number of thioether (sulfide) groups is 1. The standard InChI is InChI=1S/C17H16N2O5S/c1-17(2,3)24-16(22)19-6-7-23-12-5-4-10(8-11(12)19)9-13-14(20)18-15(21)25-13/h4-9H,1-3H3,(H,18,20,21). The molecular formula is C17H16N2O5S. The van der Waals surface area contributed by atoms with Crippen LogP contribution in [-0.4, -0.2) is 22.8 Å². The summed E-state index contributed by atoms with van der Waals surface area (Å²) in [6, 6.07) is 5.10. The van der Waals surface area contributed by atoms with Crippen molar-refractivity contribution in [2.45, 2.75) is 26.4 Å². The van der Waals surface area contributed by atoms with E-state index >= 15 is 0 Å². The number of nitrogens with one attached hydrogen (secondary N) is 1. The number of fused-ring (bicyclic) bond motifs is 1. The molecule has 130 valence electrons. The average Bonchev–Trinajstić information content (AvgIpc) is 2.82. The Hall–Kier alpha value is -2.74. The molecule has 25 heavy (non-hydrogen) atoms. The normalized spacial score (nSPS) is 18.0. The second-order valence-electron chi connectivity index (χ2n) is 6.33. The van der Waals surface area contributed by atoms with E-state index in [1.54, 1.807) is 45.0 Å². The first kappa shape index (κ1) is 17.1. The summed E-state index contributed by atoms with van der Waals surface area (Å²) in [6.45, 7) is 5.34. The molecule has 8 heteroatoms. The molecule has 0 aliphatic carbocycles. The maximum absolute atomic E-state index is 12.4. The average molecular weight is 360 g/mol. The van der Waals surface area contributed by atoms with Crippen molar-refractivity contribution in [1.29, 1.82) is 0 Å². The van der Waals surface area contributed by atoms with Crippen molar-refractivity contribution in [3.05, 3.63) is 41.1 Å². The minimum Gasteiger partial charge on any atom is -0.461 e. The number of amides is 3. The number of rotatable bonds is 1. The minimum absolute atomic E-state index is 0.293. The highest BCUT2D eigenvalue weighted by Gasteiger charge is 2.27. The minimum atomic E-state index is -0.637. The SMILES string of the molecule is CC(C)(C)OC(=O)N1C=COc2ccc(C=C3SC(=O)NC3=O)cc21. The van der Waals surface area contributed by atoms with E-state index in [4.69, 9.17) is 9.47 Å². The monoisotopic (exact) mass is 360 g/mol. The zero-order chi connectivity index (χ0) is 18.2. The highest BCUT2D eigenvalue weighted by molar-refractivity contribution is 8.18. The fourth-order valence-electron chi connectivity index (χ4n) is 2.20. The van der Waals surface area contributed by atoms with Gasteiger partial charge in [0, 0.05) is 0 Å². The molecule has 2 aliphatic rings. The van der Waals surface area contributed by atoms with Gasteiger partial charge in [0.25, 0.3) is 11.1 Å². The molecule has 7 nitrogen and oxygen atoms in total. The Morgan fingerprint density at radius 1 is 1.32 bits per heavy atom. The summed E-state index contributed by atoms with van der Waals surface area (Å²) in [6.07, 6.45) is 3.90. The Kier molecular flexibility index (Phi) is 4.30. The van der Waals surface area contributed by atoms with Gasteiger partial charge >= 0.3 is 6.09 Å². The molecule has 0 unspecified atom stereocenters. The molecule has 3 rings (SSSR count). The number of anilines is 1. The van der Waals surface area contributed by atoms with E-state index < -0.39 is 22.8 Å². The van der Waals surface area contributed by atoms with Gasteiger partial charge in [0.1, 0.15) is 11.9 Å². The van der Waals surface area contributed by atoms with E-state index in [-0.39, 0.29) is 0 Å². The van der Waals surface area contributed by atoms with Crippen molar-refractivity contribution >= 4 is 40.8 Å². The van der Waals surface area contributed by atoms with Crippen molar-refractivity contribution < 1.29 is 23.9 Å². The van der Waals surface area contributed by atoms with Crippen LogP contribution in [0, 0.1) is 0 Å². The van der Waals surface area contributed by atoms with Crippen LogP contribution in [0.5, 0.6) is 5.75 Å². The van der Waals surface area contributed by atoms with Gasteiger partial charge in [-0.3, -0.25) is 14.9 Å². The lowest BCUT2D eigenvalue weighted by atomic mass is 10.1. The first-order valence-electron chi connectivity index (χ1n) is 7.47. The van der Waals surface area contributed by atoms with Crippen molar-refractivity contribution in [2.24, 2.45) is 0 Å². The first-order chi connectivity index (χ1) is 11.7. The van der Waals surface area contributed by atoms with Gasteiger partial charge in [-0.15, -0.1) is 0 Å². The number of carbonyl (C=O) groups is 3.